The Morgan fingerprint density at radius 3 is 2.57 bits per heavy atom. The van der Waals surface area contributed by atoms with Gasteiger partial charge in [0.05, 0.1) is 12.3 Å². The molecular weight excluding hydrogens is 373 g/mol. The second kappa shape index (κ2) is 8.88. The number of hydrogen-bond donors (Lipinski definition) is 0. The van der Waals surface area contributed by atoms with Crippen LogP contribution in [0.3, 0.4) is 0 Å². The molecule has 1 atom stereocenters. The van der Waals surface area contributed by atoms with Gasteiger partial charge in [-0.3, -0.25) is 4.79 Å². The number of halogens is 3. The lowest BCUT2D eigenvalue weighted by atomic mass is 10.0. The Balaban J connectivity index is 1.67. The molecule has 1 aliphatic rings. The minimum Gasteiger partial charge on any atom is -0.390 e. The normalized spacial score (nSPS) is 15.9. The number of oxime groups is 1. The molecule has 0 fully saturated rings. The minimum atomic E-state index is -0.721. The van der Waals surface area contributed by atoms with Crippen molar-refractivity contribution in [3.63, 3.8) is 0 Å². The number of amides is 1. The molecule has 5 nitrogen and oxygen atoms in total. The summed E-state index contributed by atoms with van der Waals surface area (Å²) in [6.07, 6.45) is -0.219. The Morgan fingerprint density at radius 2 is 1.89 bits per heavy atom. The molecule has 0 N–H and O–H groups in total. The molecule has 2 aromatic rings. The van der Waals surface area contributed by atoms with E-state index in [1.807, 2.05) is 0 Å². The third kappa shape index (κ3) is 4.89. The predicted molar refractivity (Wildman–Crippen MR) is 96.1 cm³/mol. The fourth-order valence-electron chi connectivity index (χ4n) is 2.93. The maximum absolute atomic E-state index is 14.0. The van der Waals surface area contributed by atoms with Gasteiger partial charge in [0.15, 0.2) is 6.10 Å². The van der Waals surface area contributed by atoms with Gasteiger partial charge >= 0.3 is 0 Å². The number of benzene rings is 2. The van der Waals surface area contributed by atoms with Crippen LogP contribution in [-0.2, 0) is 20.9 Å². The van der Waals surface area contributed by atoms with Crippen molar-refractivity contribution in [2.45, 2.75) is 19.1 Å². The van der Waals surface area contributed by atoms with Crippen LogP contribution >= 0.6 is 0 Å². The van der Waals surface area contributed by atoms with E-state index in [2.05, 4.69) is 5.16 Å². The molecule has 0 unspecified atom stereocenters. The maximum Gasteiger partial charge on any atom is 0.248 e. The first-order valence-corrected chi connectivity index (χ1v) is 8.65. The monoisotopic (exact) mass is 392 g/mol. The van der Waals surface area contributed by atoms with E-state index in [9.17, 15) is 18.0 Å². The second-order valence-corrected chi connectivity index (χ2v) is 6.43. The molecule has 2 aromatic carbocycles. The molecule has 28 heavy (non-hydrogen) atoms. The van der Waals surface area contributed by atoms with Crippen LogP contribution in [0.5, 0.6) is 0 Å². The van der Waals surface area contributed by atoms with Gasteiger partial charge in [-0.2, -0.15) is 0 Å². The van der Waals surface area contributed by atoms with E-state index in [-0.39, 0.29) is 43.4 Å². The number of carbonyl (C=O) groups excluding carboxylic acids is 1. The van der Waals surface area contributed by atoms with Crippen LogP contribution in [-0.4, -0.2) is 42.9 Å². The van der Waals surface area contributed by atoms with E-state index >= 15 is 0 Å². The smallest absolute Gasteiger partial charge is 0.248 e. The highest BCUT2D eigenvalue weighted by Gasteiger charge is 2.28. The third-order valence-corrected chi connectivity index (χ3v) is 4.31. The average Bonchev–Trinajstić information content (AvgIpc) is 3.11. The SMILES string of the molecule is COCC(=O)N(Cc1ccc(F)cc1)C[C@H]1CC(c2ccc(F)cc2F)=NO1. The number of ether oxygens (including phenoxy) is 1. The zero-order valence-electron chi connectivity index (χ0n) is 15.2. The molecule has 8 heteroatoms. The Kier molecular flexibility index (Phi) is 6.30. The Hall–Kier alpha value is -2.87. The lowest BCUT2D eigenvalue weighted by molar-refractivity contribution is -0.137. The second-order valence-electron chi connectivity index (χ2n) is 6.43. The molecule has 0 aromatic heterocycles. The first kappa shape index (κ1) is 19.9. The molecule has 0 bridgehead atoms. The van der Waals surface area contributed by atoms with Gasteiger partial charge in [-0.15, -0.1) is 0 Å². The van der Waals surface area contributed by atoms with Crippen molar-refractivity contribution < 1.29 is 27.5 Å². The number of methoxy groups -OCH3 is 1. The molecule has 0 saturated heterocycles. The molecule has 1 heterocycles. The molecule has 0 spiro atoms. The van der Waals surface area contributed by atoms with Crippen molar-refractivity contribution in [3.05, 3.63) is 71.0 Å². The van der Waals surface area contributed by atoms with Gasteiger partial charge < -0.3 is 14.5 Å². The van der Waals surface area contributed by atoms with Gasteiger partial charge in [-0.25, -0.2) is 13.2 Å². The number of rotatable bonds is 7. The van der Waals surface area contributed by atoms with Gasteiger partial charge in [0.1, 0.15) is 24.1 Å². The van der Waals surface area contributed by atoms with Crippen LogP contribution in [0.15, 0.2) is 47.6 Å². The largest absolute Gasteiger partial charge is 0.390 e. The summed E-state index contributed by atoms with van der Waals surface area (Å²) in [6, 6.07) is 9.06. The lowest BCUT2D eigenvalue weighted by Gasteiger charge is -2.24. The zero-order valence-corrected chi connectivity index (χ0v) is 15.2. The van der Waals surface area contributed by atoms with Crippen LogP contribution in [0.1, 0.15) is 17.5 Å². The Labute approximate surface area is 160 Å². The standard InChI is InChI=1S/C20H19F3N2O3/c1-27-12-20(26)25(10-13-2-4-14(21)5-3-13)11-16-9-19(24-28-16)17-7-6-15(22)8-18(17)23/h2-8,16H,9-12H2,1H3/t16-/m1/s1. The Morgan fingerprint density at radius 1 is 1.18 bits per heavy atom. The van der Waals surface area contributed by atoms with Gasteiger partial charge in [0.25, 0.3) is 0 Å². The van der Waals surface area contributed by atoms with Gasteiger partial charge in [0.2, 0.25) is 5.91 Å². The molecule has 0 saturated carbocycles. The molecule has 1 amide bonds. The van der Waals surface area contributed by atoms with Crippen molar-refractivity contribution in [2.75, 3.05) is 20.3 Å². The highest BCUT2D eigenvalue weighted by molar-refractivity contribution is 6.01. The molecule has 0 radical (unpaired) electrons. The average molecular weight is 392 g/mol. The van der Waals surface area contributed by atoms with Crippen LogP contribution in [0.4, 0.5) is 13.2 Å². The fourth-order valence-corrected chi connectivity index (χ4v) is 2.93. The Bertz CT molecular complexity index is 871. The van der Waals surface area contributed by atoms with Crippen LogP contribution in [0, 0.1) is 17.5 Å². The van der Waals surface area contributed by atoms with Crippen molar-refractivity contribution in [2.24, 2.45) is 5.16 Å². The maximum atomic E-state index is 14.0. The van der Waals surface area contributed by atoms with E-state index in [1.165, 1.54) is 30.2 Å². The van der Waals surface area contributed by atoms with Crippen LogP contribution in [0.25, 0.3) is 0 Å². The van der Waals surface area contributed by atoms with Gasteiger partial charge in [-0.1, -0.05) is 17.3 Å². The first-order chi connectivity index (χ1) is 13.5. The van der Waals surface area contributed by atoms with E-state index in [0.717, 1.165) is 17.7 Å². The third-order valence-electron chi connectivity index (χ3n) is 4.31. The number of hydrogen-bond acceptors (Lipinski definition) is 4. The van der Waals surface area contributed by atoms with Crippen LogP contribution < -0.4 is 0 Å². The zero-order chi connectivity index (χ0) is 20.1. The summed E-state index contributed by atoms with van der Waals surface area (Å²) in [7, 11) is 1.42. The lowest BCUT2D eigenvalue weighted by Crippen LogP contribution is -2.39. The topological polar surface area (TPSA) is 51.1 Å². The number of carbonyl (C=O) groups is 1. The molecule has 3 rings (SSSR count). The van der Waals surface area contributed by atoms with E-state index in [0.29, 0.717) is 5.71 Å². The highest BCUT2D eigenvalue weighted by Crippen LogP contribution is 2.21. The van der Waals surface area contributed by atoms with E-state index < -0.39 is 17.7 Å². The van der Waals surface area contributed by atoms with Crippen molar-refractivity contribution in [1.29, 1.82) is 0 Å². The minimum absolute atomic E-state index is 0.117. The predicted octanol–water partition coefficient (Wildman–Crippen LogP) is 3.27. The summed E-state index contributed by atoms with van der Waals surface area (Å²) in [4.78, 5) is 19.2. The summed E-state index contributed by atoms with van der Waals surface area (Å²) in [5.41, 5.74) is 1.26. The van der Waals surface area contributed by atoms with Crippen molar-refractivity contribution >= 4 is 11.6 Å². The molecule has 148 valence electrons. The summed E-state index contributed by atoms with van der Waals surface area (Å²) >= 11 is 0. The molecule has 1 aliphatic heterocycles. The summed E-state index contributed by atoms with van der Waals surface area (Å²) < 4.78 is 45.1. The highest BCUT2D eigenvalue weighted by atomic mass is 19.1. The fraction of sp³-hybridized carbons (Fsp3) is 0.300. The van der Waals surface area contributed by atoms with Gasteiger partial charge in [-0.05, 0) is 29.8 Å². The van der Waals surface area contributed by atoms with Gasteiger partial charge in [0, 0.05) is 31.7 Å². The summed E-state index contributed by atoms with van der Waals surface area (Å²) in [6.45, 7) is 0.312. The van der Waals surface area contributed by atoms with Crippen molar-refractivity contribution in [1.82, 2.24) is 4.90 Å². The summed E-state index contributed by atoms with van der Waals surface area (Å²) in [5.74, 6) is -2.02. The molecule has 0 aliphatic carbocycles. The van der Waals surface area contributed by atoms with Crippen molar-refractivity contribution in [3.8, 4) is 0 Å². The first-order valence-electron chi connectivity index (χ1n) is 8.65. The van der Waals surface area contributed by atoms with E-state index in [1.54, 1.807) is 12.1 Å². The molecular formula is C20H19F3N2O3. The van der Waals surface area contributed by atoms with Crippen LogP contribution in [0.2, 0.25) is 0 Å². The number of nitrogens with zero attached hydrogens (tertiary/aromatic N) is 2. The summed E-state index contributed by atoms with van der Waals surface area (Å²) in [5, 5.41) is 3.89. The van der Waals surface area contributed by atoms with E-state index in [4.69, 9.17) is 9.57 Å². The quantitative estimate of drug-likeness (QED) is 0.727.